The van der Waals surface area contributed by atoms with E-state index in [0.29, 0.717) is 12.2 Å². The summed E-state index contributed by atoms with van der Waals surface area (Å²) < 4.78 is 0. The second-order valence-electron chi connectivity index (χ2n) is 7.56. The van der Waals surface area contributed by atoms with Crippen LogP contribution in [0.2, 0.25) is 0 Å². The molecule has 5 atom stereocenters. The number of hydrogen-bond acceptors (Lipinski definition) is 8. The van der Waals surface area contributed by atoms with E-state index < -0.39 is 78.4 Å². The molecule has 0 bridgehead atoms. The molecular formula is C19H34N6O7S. The molecule has 0 rings (SSSR count). The van der Waals surface area contributed by atoms with Crippen molar-refractivity contribution in [3.63, 3.8) is 0 Å². The molecule has 0 aromatic carbocycles. The summed E-state index contributed by atoms with van der Waals surface area (Å²) in [6.45, 7) is 3.44. The van der Waals surface area contributed by atoms with E-state index >= 15 is 0 Å². The Morgan fingerprint density at radius 2 is 1.42 bits per heavy atom. The first kappa shape index (κ1) is 30.1. The molecule has 0 aromatic rings. The molecular weight excluding hydrogens is 456 g/mol. The van der Waals surface area contributed by atoms with Gasteiger partial charge in [-0.25, -0.2) is 4.79 Å². The molecule has 0 spiro atoms. The lowest BCUT2D eigenvalue weighted by atomic mass is 9.97. The van der Waals surface area contributed by atoms with E-state index in [9.17, 15) is 33.9 Å². The van der Waals surface area contributed by atoms with E-state index in [1.54, 1.807) is 20.1 Å². The SMILES string of the molecule is CCC(C)C(NC(=O)C(CC(N)=O)NC(=O)C(N)CC(N)=O)C(=O)NC(CCSC)C(=O)O. The van der Waals surface area contributed by atoms with Gasteiger partial charge in [0.2, 0.25) is 29.5 Å². The minimum Gasteiger partial charge on any atom is -0.480 e. The highest BCUT2D eigenvalue weighted by Gasteiger charge is 2.33. The maximum Gasteiger partial charge on any atom is 0.326 e. The molecule has 188 valence electrons. The molecule has 0 fully saturated rings. The standard InChI is InChI=1S/C19H34N6O7S/c1-4-9(2)15(18(30)23-11(19(31)32)5-6-33-3)25-17(29)12(8-14(22)27)24-16(28)10(20)7-13(21)26/h9-12,15H,4-8,20H2,1-3H3,(H2,21,26)(H2,22,27)(H,23,30)(H,24,28)(H,25,29)(H,31,32). The van der Waals surface area contributed by atoms with Crippen LogP contribution in [0.25, 0.3) is 0 Å². The molecule has 14 heteroatoms. The molecule has 0 aliphatic carbocycles. The van der Waals surface area contributed by atoms with Crippen LogP contribution in [0.3, 0.4) is 0 Å². The topological polar surface area (TPSA) is 237 Å². The van der Waals surface area contributed by atoms with E-state index in [-0.39, 0.29) is 6.42 Å². The number of aliphatic carboxylic acids is 1. The van der Waals surface area contributed by atoms with Crippen LogP contribution in [-0.4, -0.2) is 76.8 Å². The summed E-state index contributed by atoms with van der Waals surface area (Å²) in [5.41, 5.74) is 15.7. The average Bonchev–Trinajstić information content (AvgIpc) is 2.72. The predicted octanol–water partition coefficient (Wildman–Crippen LogP) is -2.60. The molecule has 10 N–H and O–H groups in total. The van der Waals surface area contributed by atoms with E-state index in [1.807, 2.05) is 0 Å². The van der Waals surface area contributed by atoms with Gasteiger partial charge in [-0.15, -0.1) is 0 Å². The number of thioether (sulfide) groups is 1. The average molecular weight is 491 g/mol. The minimum atomic E-state index is -1.47. The first-order chi connectivity index (χ1) is 15.3. The van der Waals surface area contributed by atoms with Crippen LogP contribution in [-0.2, 0) is 28.8 Å². The number of primary amides is 2. The number of carboxylic acids is 1. The Labute approximate surface area is 196 Å². The lowest BCUT2D eigenvalue weighted by Gasteiger charge is -2.27. The fourth-order valence-electron chi connectivity index (χ4n) is 2.71. The van der Waals surface area contributed by atoms with Gasteiger partial charge in [0.05, 0.1) is 18.9 Å². The van der Waals surface area contributed by atoms with Gasteiger partial charge in [-0.05, 0) is 24.3 Å². The Hall–Kier alpha value is -2.87. The lowest BCUT2D eigenvalue weighted by Crippen LogP contribution is -2.59. The zero-order chi connectivity index (χ0) is 25.7. The van der Waals surface area contributed by atoms with Crippen molar-refractivity contribution in [2.24, 2.45) is 23.1 Å². The highest BCUT2D eigenvalue weighted by atomic mass is 32.2. The van der Waals surface area contributed by atoms with Crippen molar-refractivity contribution in [1.82, 2.24) is 16.0 Å². The Morgan fingerprint density at radius 3 is 1.88 bits per heavy atom. The van der Waals surface area contributed by atoms with Gasteiger partial charge in [0.25, 0.3) is 0 Å². The second-order valence-corrected chi connectivity index (χ2v) is 8.55. The summed E-state index contributed by atoms with van der Waals surface area (Å²) in [6, 6.07) is -5.13. The van der Waals surface area contributed by atoms with Crippen molar-refractivity contribution >= 4 is 47.3 Å². The lowest BCUT2D eigenvalue weighted by molar-refractivity contribution is -0.142. The first-order valence-electron chi connectivity index (χ1n) is 10.3. The van der Waals surface area contributed by atoms with Gasteiger partial charge in [0, 0.05) is 0 Å². The molecule has 0 heterocycles. The van der Waals surface area contributed by atoms with Crippen molar-refractivity contribution in [1.29, 1.82) is 0 Å². The summed E-state index contributed by atoms with van der Waals surface area (Å²) in [5.74, 6) is -5.41. The third kappa shape index (κ3) is 11.5. The Morgan fingerprint density at radius 1 is 0.879 bits per heavy atom. The molecule has 13 nitrogen and oxygen atoms in total. The Balaban J connectivity index is 5.55. The summed E-state index contributed by atoms with van der Waals surface area (Å²) in [5, 5.41) is 16.5. The number of nitrogens with one attached hydrogen (secondary N) is 3. The molecule has 0 aromatic heterocycles. The normalized spacial score (nSPS) is 15.3. The van der Waals surface area contributed by atoms with E-state index in [1.165, 1.54) is 11.8 Å². The predicted molar refractivity (Wildman–Crippen MR) is 121 cm³/mol. The Kier molecular flexibility index (Phi) is 13.7. The van der Waals surface area contributed by atoms with Crippen molar-refractivity contribution in [3.05, 3.63) is 0 Å². The minimum absolute atomic E-state index is 0.182. The van der Waals surface area contributed by atoms with Gasteiger partial charge in [-0.3, -0.25) is 24.0 Å². The van der Waals surface area contributed by atoms with Gasteiger partial charge in [0.15, 0.2) is 0 Å². The molecule has 0 aliphatic heterocycles. The largest absolute Gasteiger partial charge is 0.480 e. The van der Waals surface area contributed by atoms with Crippen molar-refractivity contribution in [2.75, 3.05) is 12.0 Å². The zero-order valence-electron chi connectivity index (χ0n) is 19.0. The maximum absolute atomic E-state index is 12.8. The van der Waals surface area contributed by atoms with Gasteiger partial charge < -0.3 is 38.3 Å². The molecule has 33 heavy (non-hydrogen) atoms. The van der Waals surface area contributed by atoms with Gasteiger partial charge in [-0.1, -0.05) is 20.3 Å². The molecule has 0 radical (unpaired) electrons. The third-order valence-corrected chi connectivity index (χ3v) is 5.46. The summed E-state index contributed by atoms with van der Waals surface area (Å²) in [7, 11) is 0. The highest BCUT2D eigenvalue weighted by molar-refractivity contribution is 7.98. The fraction of sp³-hybridized carbons (Fsp3) is 0.684. The molecule has 0 aliphatic rings. The van der Waals surface area contributed by atoms with Crippen molar-refractivity contribution < 1.29 is 33.9 Å². The second kappa shape index (κ2) is 15.1. The number of hydrogen-bond donors (Lipinski definition) is 7. The van der Waals surface area contributed by atoms with Crippen LogP contribution in [0.1, 0.15) is 39.5 Å². The number of carbonyl (C=O) groups is 6. The van der Waals surface area contributed by atoms with Crippen LogP contribution in [0.4, 0.5) is 0 Å². The van der Waals surface area contributed by atoms with Crippen molar-refractivity contribution in [2.45, 2.75) is 63.7 Å². The van der Waals surface area contributed by atoms with E-state index in [2.05, 4.69) is 16.0 Å². The summed E-state index contributed by atoms with van der Waals surface area (Å²) in [4.78, 5) is 71.6. The molecule has 0 saturated carbocycles. The Bertz CT molecular complexity index is 735. The van der Waals surface area contributed by atoms with Crippen LogP contribution in [0.15, 0.2) is 0 Å². The van der Waals surface area contributed by atoms with Crippen LogP contribution >= 0.6 is 11.8 Å². The highest BCUT2D eigenvalue weighted by Crippen LogP contribution is 2.10. The molecule has 5 unspecified atom stereocenters. The van der Waals surface area contributed by atoms with Gasteiger partial charge in [0.1, 0.15) is 18.1 Å². The van der Waals surface area contributed by atoms with Crippen molar-refractivity contribution in [3.8, 4) is 0 Å². The number of carbonyl (C=O) groups excluding carboxylic acids is 5. The molecule has 0 saturated heterocycles. The zero-order valence-corrected chi connectivity index (χ0v) is 19.8. The maximum atomic E-state index is 12.8. The number of rotatable bonds is 16. The van der Waals surface area contributed by atoms with E-state index in [4.69, 9.17) is 17.2 Å². The van der Waals surface area contributed by atoms with Gasteiger partial charge >= 0.3 is 5.97 Å². The van der Waals surface area contributed by atoms with Crippen LogP contribution in [0, 0.1) is 5.92 Å². The molecule has 5 amide bonds. The quantitative estimate of drug-likeness (QED) is 0.120. The monoisotopic (exact) mass is 490 g/mol. The third-order valence-electron chi connectivity index (χ3n) is 4.81. The summed E-state index contributed by atoms with van der Waals surface area (Å²) >= 11 is 1.42. The number of carboxylic acid groups (broad SMARTS) is 1. The van der Waals surface area contributed by atoms with Crippen LogP contribution in [0.5, 0.6) is 0 Å². The first-order valence-corrected chi connectivity index (χ1v) is 11.7. The number of nitrogens with two attached hydrogens (primary N) is 3. The summed E-state index contributed by atoms with van der Waals surface area (Å²) in [6.07, 6.45) is 1.35. The number of amides is 5. The smallest absolute Gasteiger partial charge is 0.326 e. The fourth-order valence-corrected chi connectivity index (χ4v) is 3.18. The van der Waals surface area contributed by atoms with E-state index in [0.717, 1.165) is 0 Å². The van der Waals surface area contributed by atoms with Crippen LogP contribution < -0.4 is 33.2 Å². The van der Waals surface area contributed by atoms with Gasteiger partial charge in [-0.2, -0.15) is 11.8 Å².